The first-order chi connectivity index (χ1) is 25.5. The Morgan fingerprint density at radius 1 is 0.692 bits per heavy atom. The van der Waals surface area contributed by atoms with E-state index in [1.165, 1.54) is 58.7 Å². The first-order valence-corrected chi connectivity index (χ1v) is 18.7. The number of rotatable bonds is 5. The Kier molecular flexibility index (Phi) is 6.95. The molecule has 4 nitrogen and oxygen atoms in total. The lowest BCUT2D eigenvalue weighted by Gasteiger charge is -2.29. The smallest absolute Gasteiger partial charge is 0.0952 e. The minimum Gasteiger partial charge on any atom is -0.377 e. The Morgan fingerprint density at radius 2 is 1.56 bits per heavy atom. The lowest BCUT2D eigenvalue weighted by molar-refractivity contribution is 0.508. The molecule has 1 N–H and O–H groups in total. The van der Waals surface area contributed by atoms with Crippen molar-refractivity contribution in [3.8, 4) is 28.2 Å². The number of fused-ring (bicyclic) bond motifs is 7. The van der Waals surface area contributed by atoms with Crippen molar-refractivity contribution in [2.75, 3.05) is 0 Å². The molecule has 5 heteroatoms. The second-order valence-electron chi connectivity index (χ2n) is 14.4. The molecule has 0 amide bonds. The van der Waals surface area contributed by atoms with E-state index in [0.717, 1.165) is 29.2 Å². The molecule has 52 heavy (non-hydrogen) atoms. The molecule has 0 saturated carbocycles. The predicted octanol–water partition coefficient (Wildman–Crippen LogP) is 11.9. The molecule has 1 aliphatic carbocycles. The molecule has 0 spiro atoms. The highest BCUT2D eigenvalue weighted by atomic mass is 32.1. The van der Waals surface area contributed by atoms with Gasteiger partial charge in [0.15, 0.2) is 0 Å². The van der Waals surface area contributed by atoms with Crippen LogP contribution in [-0.2, 0) is 11.0 Å². The number of hydrogen-bond acceptors (Lipinski definition) is 4. The Morgan fingerprint density at radius 3 is 2.37 bits per heavy atom. The Labute approximate surface area is 306 Å². The van der Waals surface area contributed by atoms with E-state index in [4.69, 9.17) is 9.97 Å². The van der Waals surface area contributed by atoms with Gasteiger partial charge >= 0.3 is 0 Å². The van der Waals surface area contributed by atoms with E-state index in [9.17, 15) is 0 Å². The zero-order chi connectivity index (χ0) is 34.9. The van der Waals surface area contributed by atoms with Crippen molar-refractivity contribution in [1.82, 2.24) is 19.9 Å². The van der Waals surface area contributed by atoms with Crippen LogP contribution < -0.4 is 5.32 Å². The number of pyridine rings is 2. The van der Waals surface area contributed by atoms with Gasteiger partial charge in [0.05, 0.1) is 44.0 Å². The molecular formula is C47H36N4S. The van der Waals surface area contributed by atoms with Gasteiger partial charge in [-0.2, -0.15) is 0 Å². The van der Waals surface area contributed by atoms with Crippen LogP contribution in [-0.4, -0.2) is 14.5 Å². The summed E-state index contributed by atoms with van der Waals surface area (Å²) in [5.41, 5.74) is 9.30. The van der Waals surface area contributed by atoms with Crippen LogP contribution in [0.2, 0.25) is 0 Å². The van der Waals surface area contributed by atoms with Gasteiger partial charge in [-0.15, -0.1) is 11.3 Å². The second-order valence-corrected chi connectivity index (χ2v) is 15.4. The minimum absolute atomic E-state index is 0.0655. The third-order valence-electron chi connectivity index (χ3n) is 10.9. The minimum atomic E-state index is -0.490. The highest BCUT2D eigenvalue weighted by molar-refractivity contribution is 7.26. The first-order valence-electron chi connectivity index (χ1n) is 17.9. The molecule has 4 aromatic heterocycles. The van der Waals surface area contributed by atoms with E-state index in [0.29, 0.717) is 0 Å². The maximum absolute atomic E-state index is 5.25. The molecule has 5 heterocycles. The summed E-state index contributed by atoms with van der Waals surface area (Å²) in [5, 5.41) is 8.64. The molecular weight excluding hydrogens is 653 g/mol. The van der Waals surface area contributed by atoms with Crippen LogP contribution in [0.15, 0.2) is 164 Å². The molecule has 1 aliphatic heterocycles. The molecule has 10 rings (SSSR count). The standard InChI is InChI=1S/C47H36N4S/c1-46(22-8-4-9-23-46)33-17-20-41-37(28-33)35-18-19-36-38-27-32(31-13-5-3-6-14-31)16-21-42(38)52-45(36)44(35)51(41)34-29-40(39-15-7-11-25-48-39)50-43(30-34)47(2)24-10-12-26-49-47/h3-22,24-30,49H,23H2,1-2H3. The molecule has 250 valence electrons. The number of benzene rings is 4. The van der Waals surface area contributed by atoms with Crippen LogP contribution in [0.5, 0.6) is 0 Å². The molecule has 2 aliphatic rings. The van der Waals surface area contributed by atoms with E-state index in [1.807, 2.05) is 48.0 Å². The van der Waals surface area contributed by atoms with Crippen molar-refractivity contribution in [2.24, 2.45) is 0 Å². The van der Waals surface area contributed by atoms with Gasteiger partial charge < -0.3 is 9.88 Å². The monoisotopic (exact) mass is 688 g/mol. The number of hydrogen-bond donors (Lipinski definition) is 1. The van der Waals surface area contributed by atoms with Gasteiger partial charge in [-0.1, -0.05) is 104 Å². The fourth-order valence-corrected chi connectivity index (χ4v) is 9.22. The zero-order valence-electron chi connectivity index (χ0n) is 29.0. The summed E-state index contributed by atoms with van der Waals surface area (Å²) in [5.74, 6) is 0. The van der Waals surface area contributed by atoms with Crippen LogP contribution in [0.25, 0.3) is 70.2 Å². The van der Waals surface area contributed by atoms with Gasteiger partial charge in [-0.25, -0.2) is 4.98 Å². The van der Waals surface area contributed by atoms with Crippen molar-refractivity contribution < 1.29 is 0 Å². The number of nitrogens with one attached hydrogen (secondary N) is 1. The van der Waals surface area contributed by atoms with Gasteiger partial charge in [0.2, 0.25) is 0 Å². The third kappa shape index (κ3) is 4.88. The van der Waals surface area contributed by atoms with Crippen LogP contribution in [0.1, 0.15) is 31.5 Å². The molecule has 2 atom stereocenters. The van der Waals surface area contributed by atoms with Crippen molar-refractivity contribution in [1.29, 1.82) is 0 Å². The van der Waals surface area contributed by atoms with Crippen molar-refractivity contribution in [3.05, 3.63) is 175 Å². The summed E-state index contributed by atoms with van der Waals surface area (Å²) in [6.07, 6.45) is 20.1. The number of thiophene rings is 1. The van der Waals surface area contributed by atoms with Gasteiger partial charge in [-0.3, -0.25) is 4.98 Å². The highest BCUT2D eigenvalue weighted by Crippen LogP contribution is 2.45. The lowest BCUT2D eigenvalue weighted by Crippen LogP contribution is -2.36. The summed E-state index contributed by atoms with van der Waals surface area (Å²) in [4.78, 5) is 10.0. The lowest BCUT2D eigenvalue weighted by atomic mass is 9.77. The van der Waals surface area contributed by atoms with Crippen LogP contribution in [0, 0.1) is 0 Å². The molecule has 0 radical (unpaired) electrons. The zero-order valence-corrected chi connectivity index (χ0v) is 29.9. The van der Waals surface area contributed by atoms with Gasteiger partial charge in [0.25, 0.3) is 0 Å². The predicted molar refractivity (Wildman–Crippen MR) is 219 cm³/mol. The van der Waals surface area contributed by atoms with Gasteiger partial charge in [-0.05, 0) is 90.8 Å². The third-order valence-corrected chi connectivity index (χ3v) is 12.1. The highest BCUT2D eigenvalue weighted by Gasteiger charge is 2.29. The van der Waals surface area contributed by atoms with E-state index in [1.54, 1.807) is 0 Å². The summed E-state index contributed by atoms with van der Waals surface area (Å²) < 4.78 is 5.04. The van der Waals surface area contributed by atoms with Gasteiger partial charge in [0.1, 0.15) is 0 Å². The maximum Gasteiger partial charge on any atom is 0.0952 e. The summed E-state index contributed by atoms with van der Waals surface area (Å²) in [7, 11) is 0. The van der Waals surface area contributed by atoms with Crippen molar-refractivity contribution in [2.45, 2.75) is 31.2 Å². The molecule has 8 aromatic rings. The average molecular weight is 689 g/mol. The summed E-state index contributed by atoms with van der Waals surface area (Å²) >= 11 is 1.88. The normalized spacial score (nSPS) is 19.7. The first kappa shape index (κ1) is 30.8. The molecule has 0 bridgehead atoms. The fourth-order valence-electron chi connectivity index (χ4n) is 8.00. The van der Waals surface area contributed by atoms with Crippen molar-refractivity contribution in [3.63, 3.8) is 0 Å². The van der Waals surface area contributed by atoms with E-state index in [2.05, 4.69) is 151 Å². The Hall–Kier alpha value is -6.04. The number of nitrogens with zero attached hydrogens (tertiary/aromatic N) is 3. The molecule has 0 fully saturated rings. The van der Waals surface area contributed by atoms with Crippen LogP contribution >= 0.6 is 11.3 Å². The Balaban J connectivity index is 1.29. The number of dihydropyridines is 1. The Bertz CT molecular complexity index is 2820. The van der Waals surface area contributed by atoms with Crippen LogP contribution in [0.4, 0.5) is 0 Å². The summed E-state index contributed by atoms with van der Waals surface area (Å²) in [6, 6.07) is 39.9. The van der Waals surface area contributed by atoms with Crippen LogP contribution in [0.3, 0.4) is 0 Å². The molecule has 4 aromatic carbocycles. The van der Waals surface area contributed by atoms with E-state index < -0.39 is 5.54 Å². The quantitative estimate of drug-likeness (QED) is 0.196. The number of allylic oxidation sites excluding steroid dienone is 6. The van der Waals surface area contributed by atoms with Gasteiger partial charge in [0, 0.05) is 37.9 Å². The topological polar surface area (TPSA) is 42.7 Å². The number of aromatic nitrogens is 3. The van der Waals surface area contributed by atoms with E-state index >= 15 is 0 Å². The largest absolute Gasteiger partial charge is 0.377 e. The summed E-state index contributed by atoms with van der Waals surface area (Å²) in [6.45, 7) is 4.52. The SMILES string of the molecule is CC1(c2ccc3c(c2)c2ccc4c5cc(-c6ccccc6)ccc5sc4c2n3-c2cc(-c3ccccn3)nc(C3(C)C=CC=CN3)c2)C=CC=CC1. The van der Waals surface area contributed by atoms with Crippen molar-refractivity contribution >= 4 is 53.3 Å². The fraction of sp³-hybridized carbons (Fsp3) is 0.106. The van der Waals surface area contributed by atoms with E-state index in [-0.39, 0.29) is 5.41 Å². The maximum atomic E-state index is 5.25. The second kappa shape index (κ2) is 11.8. The molecule has 0 saturated heterocycles. The molecule has 2 unspecified atom stereocenters. The average Bonchev–Trinajstić information content (AvgIpc) is 3.74.